The number of fused-ring (bicyclic) bond motifs is 1. The van der Waals surface area contributed by atoms with Crippen LogP contribution in [0.15, 0.2) is 65.5 Å². The predicted molar refractivity (Wildman–Crippen MR) is 130 cm³/mol. The van der Waals surface area contributed by atoms with E-state index >= 15 is 0 Å². The predicted octanol–water partition coefficient (Wildman–Crippen LogP) is 4.18. The average molecular weight is 485 g/mol. The molecule has 4 aromatic rings. The van der Waals surface area contributed by atoms with E-state index in [1.54, 1.807) is 42.5 Å². The van der Waals surface area contributed by atoms with Crippen LogP contribution in [-0.4, -0.2) is 43.7 Å². The fourth-order valence-electron chi connectivity index (χ4n) is 4.10. The number of halogens is 1. The molecule has 0 fully saturated rings. The summed E-state index contributed by atoms with van der Waals surface area (Å²) in [5.74, 6) is 0.313. The number of sulfone groups is 1. The minimum absolute atomic E-state index is 0.293. The Morgan fingerprint density at radius 3 is 2.44 bits per heavy atom. The minimum atomic E-state index is -3.48. The molecule has 1 aromatic heterocycles. The highest BCUT2D eigenvalue weighted by atomic mass is 32.2. The van der Waals surface area contributed by atoms with Crippen LogP contribution in [0.2, 0.25) is 0 Å². The molecule has 4 rings (SSSR count). The van der Waals surface area contributed by atoms with E-state index < -0.39 is 21.6 Å². The van der Waals surface area contributed by atoms with Crippen LogP contribution in [0.1, 0.15) is 18.5 Å². The molecule has 0 radical (unpaired) electrons. The number of nitrogens with zero attached hydrogens (tertiary/aromatic N) is 1. The van der Waals surface area contributed by atoms with E-state index in [1.807, 2.05) is 13.0 Å². The molecule has 178 valence electrons. The van der Waals surface area contributed by atoms with Gasteiger partial charge in [0, 0.05) is 11.8 Å². The van der Waals surface area contributed by atoms with Gasteiger partial charge in [-0.05, 0) is 48.4 Å². The highest BCUT2D eigenvalue weighted by Crippen LogP contribution is 2.34. The van der Waals surface area contributed by atoms with E-state index in [2.05, 4.69) is 4.98 Å². The van der Waals surface area contributed by atoms with E-state index in [0.29, 0.717) is 40.3 Å². The number of methoxy groups -OCH3 is 1. The molecule has 9 heteroatoms. The van der Waals surface area contributed by atoms with Crippen molar-refractivity contribution in [3.8, 4) is 22.6 Å². The van der Waals surface area contributed by atoms with Gasteiger partial charge in [0.2, 0.25) is 0 Å². The van der Waals surface area contributed by atoms with Crippen molar-refractivity contribution in [3.63, 3.8) is 0 Å². The molecule has 7 nitrogen and oxygen atoms in total. The van der Waals surface area contributed by atoms with Crippen LogP contribution in [0.3, 0.4) is 0 Å². The van der Waals surface area contributed by atoms with Crippen molar-refractivity contribution in [1.82, 2.24) is 9.55 Å². The smallest absolute Gasteiger partial charge is 0.327 e. The third-order valence-corrected chi connectivity index (χ3v) is 6.47. The first-order valence-corrected chi connectivity index (χ1v) is 12.8. The Balaban J connectivity index is 1.94. The molecule has 1 N–H and O–H groups in total. The first-order valence-electron chi connectivity index (χ1n) is 10.7. The van der Waals surface area contributed by atoms with Gasteiger partial charge >= 0.3 is 5.69 Å². The molecule has 0 spiro atoms. The van der Waals surface area contributed by atoms with E-state index in [9.17, 15) is 17.6 Å². The number of aromatic nitrogens is 2. The van der Waals surface area contributed by atoms with Crippen molar-refractivity contribution < 1.29 is 22.3 Å². The largest absolute Gasteiger partial charge is 0.493 e. The number of imidazole rings is 1. The van der Waals surface area contributed by atoms with Crippen LogP contribution in [0.25, 0.3) is 22.2 Å². The molecular weight excluding hydrogens is 459 g/mol. The average Bonchev–Trinajstić information content (AvgIpc) is 3.13. The Bertz CT molecular complexity index is 1490. The van der Waals surface area contributed by atoms with Crippen molar-refractivity contribution in [1.29, 1.82) is 0 Å². The molecule has 1 atom stereocenters. The maximum atomic E-state index is 13.4. The molecule has 0 aliphatic carbocycles. The minimum Gasteiger partial charge on any atom is -0.493 e. The number of para-hydroxylation sites is 1. The van der Waals surface area contributed by atoms with Gasteiger partial charge in [-0.25, -0.2) is 17.6 Å². The molecular formula is C25H25FN2O5S. The van der Waals surface area contributed by atoms with Gasteiger partial charge in [0.15, 0.2) is 11.5 Å². The lowest BCUT2D eigenvalue weighted by Gasteiger charge is -2.20. The number of ether oxygens (including phenoxy) is 2. The standard InChI is InChI=1S/C25H25FN2O5S/c1-4-33-23-14-17(10-13-22(23)32-2)21(15-34(3,30)31)28-20-7-5-6-19(24(20)27-25(28)29)16-8-11-18(26)12-9-16/h5-14,21H,4,15H2,1-3H3,(H,27,29)/t21-/m1/s1. The Morgan fingerprint density at radius 1 is 1.06 bits per heavy atom. The van der Waals surface area contributed by atoms with Gasteiger partial charge in [-0.2, -0.15) is 0 Å². The summed E-state index contributed by atoms with van der Waals surface area (Å²) in [6, 6.07) is 15.6. The summed E-state index contributed by atoms with van der Waals surface area (Å²) < 4.78 is 50.7. The second-order valence-corrected chi connectivity index (χ2v) is 10.1. The van der Waals surface area contributed by atoms with Crippen molar-refractivity contribution in [2.24, 2.45) is 0 Å². The summed E-state index contributed by atoms with van der Waals surface area (Å²) >= 11 is 0. The quantitative estimate of drug-likeness (QED) is 0.405. The number of H-pyrrole nitrogens is 1. The van der Waals surface area contributed by atoms with Crippen LogP contribution in [-0.2, 0) is 9.84 Å². The number of hydrogen-bond donors (Lipinski definition) is 1. The van der Waals surface area contributed by atoms with Crippen molar-refractivity contribution in [2.45, 2.75) is 13.0 Å². The zero-order valence-electron chi connectivity index (χ0n) is 19.0. The first kappa shape index (κ1) is 23.6. The van der Waals surface area contributed by atoms with Gasteiger partial charge in [-0.3, -0.25) is 4.57 Å². The van der Waals surface area contributed by atoms with E-state index in [0.717, 1.165) is 11.8 Å². The lowest BCUT2D eigenvalue weighted by atomic mass is 10.0. The number of nitrogens with one attached hydrogen (secondary N) is 1. The number of aromatic amines is 1. The topological polar surface area (TPSA) is 90.4 Å². The molecule has 0 unspecified atom stereocenters. The van der Waals surface area contributed by atoms with Crippen LogP contribution in [0.4, 0.5) is 4.39 Å². The molecule has 1 heterocycles. The third kappa shape index (κ3) is 4.70. The van der Waals surface area contributed by atoms with E-state index in [-0.39, 0.29) is 11.6 Å². The maximum Gasteiger partial charge on any atom is 0.327 e. The lowest BCUT2D eigenvalue weighted by Crippen LogP contribution is -2.28. The van der Waals surface area contributed by atoms with E-state index in [1.165, 1.54) is 23.8 Å². The highest BCUT2D eigenvalue weighted by Gasteiger charge is 2.25. The van der Waals surface area contributed by atoms with Gasteiger partial charge in [0.05, 0.1) is 36.5 Å². The summed E-state index contributed by atoms with van der Waals surface area (Å²) in [7, 11) is -1.96. The van der Waals surface area contributed by atoms with Gasteiger partial charge in [-0.15, -0.1) is 0 Å². The van der Waals surface area contributed by atoms with Crippen molar-refractivity contribution in [2.75, 3.05) is 25.7 Å². The lowest BCUT2D eigenvalue weighted by molar-refractivity contribution is 0.310. The Kier molecular flexibility index (Phi) is 6.47. The third-order valence-electron chi connectivity index (χ3n) is 5.55. The first-order chi connectivity index (χ1) is 16.2. The number of hydrogen-bond acceptors (Lipinski definition) is 5. The van der Waals surface area contributed by atoms with Crippen LogP contribution in [0.5, 0.6) is 11.5 Å². The monoisotopic (exact) mass is 484 g/mol. The summed E-state index contributed by atoms with van der Waals surface area (Å²) in [6.07, 6.45) is 1.14. The highest BCUT2D eigenvalue weighted by molar-refractivity contribution is 7.90. The molecule has 3 aromatic carbocycles. The Morgan fingerprint density at radius 2 is 1.79 bits per heavy atom. The van der Waals surface area contributed by atoms with E-state index in [4.69, 9.17) is 9.47 Å². The molecule has 0 bridgehead atoms. The van der Waals surface area contributed by atoms with Crippen LogP contribution < -0.4 is 15.2 Å². The molecule has 0 saturated carbocycles. The summed E-state index contributed by atoms with van der Waals surface area (Å²) in [6.45, 7) is 2.23. The Hall–Kier alpha value is -3.59. The SMILES string of the molecule is CCOc1cc([C@@H](CS(C)(=O)=O)n2c(=O)[nH]c3c(-c4ccc(F)cc4)cccc32)ccc1OC. The van der Waals surface area contributed by atoms with Crippen molar-refractivity contribution >= 4 is 20.9 Å². The molecule has 34 heavy (non-hydrogen) atoms. The second-order valence-electron chi connectivity index (χ2n) is 7.96. The fraction of sp³-hybridized carbons (Fsp3) is 0.240. The molecule has 0 amide bonds. The van der Waals surface area contributed by atoms with Crippen LogP contribution in [0, 0.1) is 5.82 Å². The summed E-state index contributed by atoms with van der Waals surface area (Å²) in [4.78, 5) is 16.1. The zero-order valence-corrected chi connectivity index (χ0v) is 19.9. The number of rotatable bonds is 8. The van der Waals surface area contributed by atoms with Gasteiger partial charge in [0.25, 0.3) is 0 Å². The van der Waals surface area contributed by atoms with Gasteiger partial charge in [-0.1, -0.05) is 30.3 Å². The second kappa shape index (κ2) is 9.34. The van der Waals surface area contributed by atoms with Gasteiger partial charge < -0.3 is 14.5 Å². The molecule has 0 aliphatic heterocycles. The Labute approximate surface area is 196 Å². The molecule has 0 saturated heterocycles. The molecule has 0 aliphatic rings. The normalized spacial score (nSPS) is 12.6. The zero-order chi connectivity index (χ0) is 24.5. The fourth-order valence-corrected chi connectivity index (χ4v) is 5.02. The summed E-state index contributed by atoms with van der Waals surface area (Å²) in [5, 5.41) is 0. The van der Waals surface area contributed by atoms with Gasteiger partial charge in [0.1, 0.15) is 15.7 Å². The van der Waals surface area contributed by atoms with Crippen LogP contribution >= 0.6 is 0 Å². The maximum absolute atomic E-state index is 13.4. The summed E-state index contributed by atoms with van der Waals surface area (Å²) in [5.41, 5.74) is 2.64. The number of benzene rings is 3. The van der Waals surface area contributed by atoms with Crippen molar-refractivity contribution in [3.05, 3.63) is 82.5 Å².